The number of likely N-dealkylation sites (N-methyl/N-ethyl adjacent to an activating group) is 1. The number of carbonyl (C=O) groups excluding carboxylic acids is 1. The lowest BCUT2D eigenvalue weighted by atomic mass is 9.90. The third kappa shape index (κ3) is 5.63. The lowest BCUT2D eigenvalue weighted by Gasteiger charge is -2.26. The van der Waals surface area contributed by atoms with Crippen molar-refractivity contribution in [1.29, 1.82) is 0 Å². The maximum Gasteiger partial charge on any atom is 0.304 e. The van der Waals surface area contributed by atoms with E-state index in [4.69, 9.17) is 21.3 Å². The summed E-state index contributed by atoms with van der Waals surface area (Å²) in [6, 6.07) is 7.60. The summed E-state index contributed by atoms with van der Waals surface area (Å²) in [5, 5.41) is 12.4. The summed E-state index contributed by atoms with van der Waals surface area (Å²) in [7, 11) is 3.67. The van der Waals surface area contributed by atoms with Crippen LogP contribution in [0.2, 0.25) is 5.02 Å². The fraction of sp³-hybridized carbons (Fsp3) is 0.429. The number of carbonyl (C=O) groups is 2. The number of carboxylic acid groups (broad SMARTS) is 1. The van der Waals surface area contributed by atoms with Gasteiger partial charge in [-0.25, -0.2) is 9.97 Å². The van der Waals surface area contributed by atoms with Crippen molar-refractivity contribution in [3.63, 3.8) is 0 Å². The standard InChI is InChI=1S/C28H31ClN4O4S/c1-32-9-10-37-24-12-19(15-30-26(24)32)21-8-7-20(29)14-22(21)23-16-38-28(31-23)33(2)27(36)18(13-25(34)35)11-17-5-3-4-6-17/h7-8,12,14-18H,3-6,9-11,13H2,1-2H3,(H,34,35). The Morgan fingerprint density at radius 1 is 1.26 bits per heavy atom. The van der Waals surface area contributed by atoms with Crippen LogP contribution < -0.4 is 14.5 Å². The number of nitrogens with zero attached hydrogens (tertiary/aromatic N) is 4. The smallest absolute Gasteiger partial charge is 0.304 e. The molecule has 3 heterocycles. The first-order chi connectivity index (χ1) is 18.3. The number of pyridine rings is 1. The van der Waals surface area contributed by atoms with Gasteiger partial charge >= 0.3 is 5.97 Å². The Labute approximate surface area is 231 Å². The van der Waals surface area contributed by atoms with Crippen molar-refractivity contribution in [2.45, 2.75) is 38.5 Å². The zero-order valence-corrected chi connectivity index (χ0v) is 23.1. The molecule has 0 saturated heterocycles. The second-order valence-electron chi connectivity index (χ2n) is 10.1. The van der Waals surface area contributed by atoms with Gasteiger partial charge in [-0.2, -0.15) is 0 Å². The average molecular weight is 555 g/mol. The largest absolute Gasteiger partial charge is 0.488 e. The molecule has 3 aromatic rings. The van der Waals surface area contributed by atoms with Crippen molar-refractivity contribution < 1.29 is 19.4 Å². The molecule has 1 atom stereocenters. The molecule has 0 bridgehead atoms. The number of halogens is 1. The predicted molar refractivity (Wildman–Crippen MR) is 150 cm³/mol. The van der Waals surface area contributed by atoms with Crippen LogP contribution >= 0.6 is 22.9 Å². The number of aliphatic carboxylic acids is 1. The number of aromatic nitrogens is 2. The van der Waals surface area contributed by atoms with Crippen molar-refractivity contribution in [2.75, 3.05) is 37.0 Å². The first kappa shape index (κ1) is 26.4. The summed E-state index contributed by atoms with van der Waals surface area (Å²) in [6.45, 7) is 1.38. The summed E-state index contributed by atoms with van der Waals surface area (Å²) in [4.78, 5) is 37.9. The van der Waals surface area contributed by atoms with Gasteiger partial charge in [0.2, 0.25) is 5.91 Å². The van der Waals surface area contributed by atoms with Crippen LogP contribution in [0.5, 0.6) is 5.75 Å². The number of benzene rings is 1. The SMILES string of the molecule is CN1CCOc2cc(-c3ccc(Cl)cc3-c3csc(N(C)C(=O)C(CC(=O)O)CC4CCCC4)n3)cnc21. The lowest BCUT2D eigenvalue weighted by Crippen LogP contribution is -2.35. The highest BCUT2D eigenvalue weighted by molar-refractivity contribution is 7.14. The molecule has 0 spiro atoms. The average Bonchev–Trinajstić information content (AvgIpc) is 3.60. The summed E-state index contributed by atoms with van der Waals surface area (Å²) < 4.78 is 5.85. The van der Waals surface area contributed by atoms with Gasteiger partial charge in [-0.05, 0) is 36.1 Å². The molecule has 1 amide bonds. The normalized spacial score (nSPS) is 16.1. The number of anilines is 2. The zero-order chi connectivity index (χ0) is 26.8. The van der Waals surface area contributed by atoms with E-state index < -0.39 is 11.9 Å². The van der Waals surface area contributed by atoms with Crippen LogP contribution in [0.25, 0.3) is 22.4 Å². The minimum absolute atomic E-state index is 0.168. The summed E-state index contributed by atoms with van der Waals surface area (Å²) in [5.41, 5.74) is 3.28. The molecule has 10 heteroatoms. The number of thiazole rings is 1. The van der Waals surface area contributed by atoms with Crippen molar-refractivity contribution in [1.82, 2.24) is 9.97 Å². The van der Waals surface area contributed by atoms with Crippen molar-refractivity contribution in [2.24, 2.45) is 11.8 Å². The van der Waals surface area contributed by atoms with E-state index in [0.29, 0.717) is 34.8 Å². The van der Waals surface area contributed by atoms with Gasteiger partial charge in [-0.3, -0.25) is 14.5 Å². The van der Waals surface area contributed by atoms with Crippen LogP contribution in [0.15, 0.2) is 35.8 Å². The molecule has 1 saturated carbocycles. The number of carboxylic acids is 1. The molecule has 2 aliphatic rings. The van der Waals surface area contributed by atoms with Crippen LogP contribution in [0.3, 0.4) is 0 Å². The summed E-state index contributed by atoms with van der Waals surface area (Å²) in [6.07, 6.45) is 6.67. The van der Waals surface area contributed by atoms with Crippen LogP contribution in [0.1, 0.15) is 38.5 Å². The molecule has 1 fully saturated rings. The minimum Gasteiger partial charge on any atom is -0.488 e. The molecule has 1 aromatic carbocycles. The van der Waals surface area contributed by atoms with E-state index in [2.05, 4.69) is 9.88 Å². The first-order valence-corrected chi connectivity index (χ1v) is 14.1. The molecule has 1 aliphatic carbocycles. The van der Waals surface area contributed by atoms with E-state index in [1.54, 1.807) is 7.05 Å². The Kier molecular flexibility index (Phi) is 7.85. The van der Waals surface area contributed by atoms with Crippen LogP contribution in [0.4, 0.5) is 10.9 Å². The van der Waals surface area contributed by atoms with Gasteiger partial charge in [0.05, 0.1) is 18.7 Å². The summed E-state index contributed by atoms with van der Waals surface area (Å²) >= 11 is 7.74. The minimum atomic E-state index is -0.952. The molecule has 1 unspecified atom stereocenters. The number of rotatable bonds is 8. The molecule has 0 radical (unpaired) electrons. The molecule has 8 nitrogen and oxygen atoms in total. The van der Waals surface area contributed by atoms with Gasteiger partial charge < -0.3 is 14.7 Å². The Bertz CT molecular complexity index is 1340. The van der Waals surface area contributed by atoms with Gasteiger partial charge in [-0.1, -0.05) is 43.4 Å². The Morgan fingerprint density at radius 2 is 2.05 bits per heavy atom. The predicted octanol–water partition coefficient (Wildman–Crippen LogP) is 5.99. The highest BCUT2D eigenvalue weighted by atomic mass is 35.5. The number of ether oxygens (including phenoxy) is 1. The quantitative estimate of drug-likeness (QED) is 0.365. The number of amides is 1. The molecule has 5 rings (SSSR count). The fourth-order valence-corrected chi connectivity index (χ4v) is 6.36. The van der Waals surface area contributed by atoms with Crippen LogP contribution in [-0.4, -0.2) is 54.2 Å². The third-order valence-corrected chi connectivity index (χ3v) is 8.57. The van der Waals surface area contributed by atoms with Crippen LogP contribution in [0, 0.1) is 11.8 Å². The highest BCUT2D eigenvalue weighted by Crippen LogP contribution is 2.40. The van der Waals surface area contributed by atoms with E-state index in [1.807, 2.05) is 42.9 Å². The van der Waals surface area contributed by atoms with E-state index >= 15 is 0 Å². The molecular weight excluding hydrogens is 524 g/mol. The molecule has 2 aromatic heterocycles. The number of fused-ring (bicyclic) bond motifs is 1. The molecule has 200 valence electrons. The monoisotopic (exact) mass is 554 g/mol. The second-order valence-corrected chi connectivity index (χ2v) is 11.4. The Morgan fingerprint density at radius 3 is 2.82 bits per heavy atom. The molecular formula is C28H31ClN4O4S. The van der Waals surface area contributed by atoms with Gasteiger partial charge in [-0.15, -0.1) is 11.3 Å². The zero-order valence-electron chi connectivity index (χ0n) is 21.5. The Balaban J connectivity index is 1.42. The maximum absolute atomic E-state index is 13.4. The van der Waals surface area contributed by atoms with Gasteiger partial charge in [0.15, 0.2) is 16.7 Å². The molecule has 38 heavy (non-hydrogen) atoms. The highest BCUT2D eigenvalue weighted by Gasteiger charge is 2.31. The lowest BCUT2D eigenvalue weighted by molar-refractivity contribution is -0.140. The van der Waals surface area contributed by atoms with Gasteiger partial charge in [0.25, 0.3) is 0 Å². The van der Waals surface area contributed by atoms with Gasteiger partial charge in [0.1, 0.15) is 6.61 Å². The fourth-order valence-electron chi connectivity index (χ4n) is 5.40. The van der Waals surface area contributed by atoms with E-state index in [1.165, 1.54) is 16.2 Å². The van der Waals surface area contributed by atoms with E-state index in [-0.39, 0.29) is 12.3 Å². The van der Waals surface area contributed by atoms with Crippen molar-refractivity contribution in [3.05, 3.63) is 40.9 Å². The van der Waals surface area contributed by atoms with E-state index in [9.17, 15) is 14.7 Å². The molecule has 1 N–H and O–H groups in total. The van der Waals surface area contributed by atoms with Gasteiger partial charge in [0, 0.05) is 47.7 Å². The third-order valence-electron chi connectivity index (χ3n) is 7.42. The van der Waals surface area contributed by atoms with Crippen LogP contribution in [-0.2, 0) is 9.59 Å². The number of hydrogen-bond donors (Lipinski definition) is 1. The van der Waals surface area contributed by atoms with E-state index in [0.717, 1.165) is 60.5 Å². The molecule has 1 aliphatic heterocycles. The van der Waals surface area contributed by atoms with Crippen molar-refractivity contribution in [3.8, 4) is 28.1 Å². The Hall–Kier alpha value is -3.17. The topological polar surface area (TPSA) is 95.9 Å². The number of hydrogen-bond acceptors (Lipinski definition) is 7. The second kappa shape index (κ2) is 11.3. The summed E-state index contributed by atoms with van der Waals surface area (Å²) in [5.74, 6) is 0.230. The first-order valence-electron chi connectivity index (χ1n) is 12.9. The van der Waals surface area contributed by atoms with Crippen molar-refractivity contribution >= 4 is 45.8 Å². The maximum atomic E-state index is 13.4.